The summed E-state index contributed by atoms with van der Waals surface area (Å²) < 4.78 is 5.16. The fourth-order valence-electron chi connectivity index (χ4n) is 2.04. The highest BCUT2D eigenvalue weighted by atomic mass is 32.1. The molecule has 1 unspecified atom stereocenters. The van der Waals surface area contributed by atoms with Crippen LogP contribution in [0.5, 0.6) is 5.88 Å². The van der Waals surface area contributed by atoms with E-state index in [1.54, 1.807) is 13.4 Å². The van der Waals surface area contributed by atoms with Crippen LogP contribution in [0.4, 0.5) is 0 Å². The summed E-state index contributed by atoms with van der Waals surface area (Å²) in [5, 5.41) is 3.59. The van der Waals surface area contributed by atoms with Crippen LogP contribution in [0.1, 0.15) is 34.8 Å². The second-order valence-electron chi connectivity index (χ2n) is 4.71. The van der Waals surface area contributed by atoms with E-state index in [0.29, 0.717) is 11.9 Å². The molecule has 0 saturated carbocycles. The van der Waals surface area contributed by atoms with Crippen molar-refractivity contribution >= 4 is 11.3 Å². The molecule has 20 heavy (non-hydrogen) atoms. The van der Waals surface area contributed by atoms with Crippen LogP contribution in [0.2, 0.25) is 0 Å². The lowest BCUT2D eigenvalue weighted by Gasteiger charge is -2.17. The van der Waals surface area contributed by atoms with Gasteiger partial charge in [-0.25, -0.2) is 9.97 Å². The van der Waals surface area contributed by atoms with E-state index in [1.165, 1.54) is 9.75 Å². The lowest BCUT2D eigenvalue weighted by Crippen LogP contribution is -2.23. The van der Waals surface area contributed by atoms with Crippen LogP contribution >= 0.6 is 11.3 Å². The van der Waals surface area contributed by atoms with Crippen molar-refractivity contribution < 1.29 is 4.74 Å². The highest BCUT2D eigenvalue weighted by molar-refractivity contribution is 7.12. The van der Waals surface area contributed by atoms with Crippen molar-refractivity contribution in [2.24, 2.45) is 0 Å². The molecule has 0 aliphatic carbocycles. The highest BCUT2D eigenvalue weighted by Gasteiger charge is 2.14. The Morgan fingerprint density at radius 1 is 1.35 bits per heavy atom. The number of thiophene rings is 1. The van der Waals surface area contributed by atoms with Gasteiger partial charge in [0.1, 0.15) is 6.33 Å². The van der Waals surface area contributed by atoms with Gasteiger partial charge in [-0.15, -0.1) is 11.3 Å². The van der Waals surface area contributed by atoms with E-state index in [-0.39, 0.29) is 0 Å². The van der Waals surface area contributed by atoms with E-state index >= 15 is 0 Å². The number of aryl methyl sites for hydroxylation is 1. The van der Waals surface area contributed by atoms with E-state index in [4.69, 9.17) is 4.74 Å². The molecule has 5 heteroatoms. The molecule has 2 heterocycles. The van der Waals surface area contributed by atoms with Crippen LogP contribution in [-0.4, -0.2) is 23.6 Å². The number of methoxy groups -OCH3 is 1. The minimum absolute atomic E-state index is 0.299. The number of aromatic nitrogens is 2. The fraction of sp³-hybridized carbons (Fsp3) is 0.467. The molecule has 0 radical (unpaired) electrons. The number of hydrogen-bond acceptors (Lipinski definition) is 5. The summed E-state index contributed by atoms with van der Waals surface area (Å²) >= 11 is 1.84. The van der Waals surface area contributed by atoms with Crippen LogP contribution in [0.3, 0.4) is 0 Å². The molecule has 0 amide bonds. The Balaban J connectivity index is 2.14. The molecular weight excluding hydrogens is 270 g/mol. The number of nitrogens with zero attached hydrogens (tertiary/aromatic N) is 2. The van der Waals surface area contributed by atoms with Gasteiger partial charge in [0.2, 0.25) is 5.88 Å². The van der Waals surface area contributed by atoms with E-state index in [1.807, 2.05) is 17.4 Å². The van der Waals surface area contributed by atoms with Gasteiger partial charge in [-0.2, -0.15) is 0 Å². The Hall–Kier alpha value is -1.46. The second kappa shape index (κ2) is 7.36. The van der Waals surface area contributed by atoms with Crippen LogP contribution in [0.25, 0.3) is 0 Å². The van der Waals surface area contributed by atoms with Gasteiger partial charge in [0.25, 0.3) is 0 Å². The third kappa shape index (κ3) is 4.02. The smallest absolute Gasteiger partial charge is 0.216 e. The zero-order valence-electron chi connectivity index (χ0n) is 12.2. The Bertz CT molecular complexity index is 541. The monoisotopic (exact) mass is 291 g/mol. The zero-order valence-corrected chi connectivity index (χ0v) is 13.0. The van der Waals surface area contributed by atoms with Gasteiger partial charge in [0.05, 0.1) is 7.11 Å². The van der Waals surface area contributed by atoms with Crippen LogP contribution in [-0.2, 0) is 6.42 Å². The number of rotatable bonds is 7. The zero-order chi connectivity index (χ0) is 14.4. The van der Waals surface area contributed by atoms with Crippen molar-refractivity contribution in [2.75, 3.05) is 13.7 Å². The number of ether oxygens (including phenoxy) is 1. The Kier molecular flexibility index (Phi) is 5.49. The summed E-state index contributed by atoms with van der Waals surface area (Å²) in [5.41, 5.74) is 0.997. The first kappa shape index (κ1) is 14.9. The van der Waals surface area contributed by atoms with Gasteiger partial charge in [-0.1, -0.05) is 6.92 Å². The minimum atomic E-state index is 0.299. The third-order valence-corrected chi connectivity index (χ3v) is 4.18. The standard InChI is InChI=1S/C15H21N3OS/c1-4-7-16-13(14-6-5-11(2)20-14)8-12-9-15(19-3)18-10-17-12/h5-6,9-10,13,16H,4,7-8H2,1-3H3. The molecule has 0 aromatic carbocycles. The van der Waals surface area contributed by atoms with Crippen molar-refractivity contribution in [1.82, 2.24) is 15.3 Å². The van der Waals surface area contributed by atoms with Gasteiger partial charge in [-0.3, -0.25) is 0 Å². The molecule has 0 spiro atoms. The molecule has 2 aromatic rings. The summed E-state index contributed by atoms with van der Waals surface area (Å²) in [6.07, 6.45) is 3.53. The number of nitrogens with one attached hydrogen (secondary N) is 1. The topological polar surface area (TPSA) is 47.0 Å². The maximum atomic E-state index is 5.16. The molecule has 2 rings (SSSR count). The predicted octanol–water partition coefficient (Wildman–Crippen LogP) is 3.14. The average molecular weight is 291 g/mol. The van der Waals surface area contributed by atoms with Crippen LogP contribution in [0.15, 0.2) is 24.5 Å². The normalized spacial score (nSPS) is 12.3. The largest absolute Gasteiger partial charge is 0.481 e. The van der Waals surface area contributed by atoms with Crippen molar-refractivity contribution in [3.05, 3.63) is 40.0 Å². The average Bonchev–Trinajstić information content (AvgIpc) is 2.90. The van der Waals surface area contributed by atoms with Crippen LogP contribution in [0, 0.1) is 6.92 Å². The summed E-state index contributed by atoms with van der Waals surface area (Å²) in [5.74, 6) is 0.617. The molecular formula is C15H21N3OS. The summed E-state index contributed by atoms with van der Waals surface area (Å²) in [7, 11) is 1.63. The quantitative estimate of drug-likeness (QED) is 0.851. The summed E-state index contributed by atoms with van der Waals surface area (Å²) in [6, 6.07) is 6.57. The molecule has 108 valence electrons. The number of hydrogen-bond donors (Lipinski definition) is 1. The first-order valence-electron chi connectivity index (χ1n) is 6.87. The molecule has 0 bridgehead atoms. The molecule has 0 fully saturated rings. The van der Waals surface area contributed by atoms with Gasteiger partial charge in [-0.05, 0) is 32.0 Å². The minimum Gasteiger partial charge on any atom is -0.481 e. The fourth-order valence-corrected chi connectivity index (χ4v) is 2.99. The first-order chi connectivity index (χ1) is 9.72. The molecule has 1 N–H and O–H groups in total. The lowest BCUT2D eigenvalue weighted by molar-refractivity contribution is 0.395. The van der Waals surface area contributed by atoms with E-state index in [0.717, 1.165) is 25.1 Å². The van der Waals surface area contributed by atoms with Gasteiger partial charge >= 0.3 is 0 Å². The van der Waals surface area contributed by atoms with Crippen molar-refractivity contribution in [3.8, 4) is 5.88 Å². The lowest BCUT2D eigenvalue weighted by atomic mass is 10.1. The molecule has 0 saturated heterocycles. The SMILES string of the molecule is CCCNC(Cc1cc(OC)ncn1)c1ccc(C)s1. The first-order valence-corrected chi connectivity index (χ1v) is 7.69. The molecule has 0 aliphatic rings. The van der Waals surface area contributed by atoms with Crippen LogP contribution < -0.4 is 10.1 Å². The van der Waals surface area contributed by atoms with Crippen molar-refractivity contribution in [3.63, 3.8) is 0 Å². The third-order valence-electron chi connectivity index (χ3n) is 3.07. The molecule has 0 aliphatic heterocycles. The van der Waals surface area contributed by atoms with Gasteiger partial charge in [0.15, 0.2) is 0 Å². The maximum absolute atomic E-state index is 5.16. The van der Waals surface area contributed by atoms with Gasteiger partial charge < -0.3 is 10.1 Å². The summed E-state index contributed by atoms with van der Waals surface area (Å²) in [4.78, 5) is 11.1. The van der Waals surface area contributed by atoms with E-state index in [2.05, 4.69) is 41.3 Å². The van der Waals surface area contributed by atoms with Crippen molar-refractivity contribution in [2.45, 2.75) is 32.7 Å². The van der Waals surface area contributed by atoms with E-state index in [9.17, 15) is 0 Å². The summed E-state index contributed by atoms with van der Waals surface area (Å²) in [6.45, 7) is 5.32. The molecule has 1 atom stereocenters. The maximum Gasteiger partial charge on any atom is 0.216 e. The predicted molar refractivity (Wildman–Crippen MR) is 82.4 cm³/mol. The second-order valence-corrected chi connectivity index (χ2v) is 6.03. The van der Waals surface area contributed by atoms with Gasteiger partial charge in [0, 0.05) is 34.0 Å². The Labute approximate surface area is 124 Å². The highest BCUT2D eigenvalue weighted by Crippen LogP contribution is 2.25. The molecule has 4 nitrogen and oxygen atoms in total. The Morgan fingerprint density at radius 3 is 2.85 bits per heavy atom. The van der Waals surface area contributed by atoms with E-state index < -0.39 is 0 Å². The van der Waals surface area contributed by atoms with Crippen molar-refractivity contribution in [1.29, 1.82) is 0 Å². The molecule has 2 aromatic heterocycles. The Morgan fingerprint density at radius 2 is 2.20 bits per heavy atom.